The molecule has 0 bridgehead atoms. The average molecular weight is 644 g/mol. The lowest BCUT2D eigenvalue weighted by atomic mass is 10.0. The van der Waals surface area contributed by atoms with E-state index in [0.29, 0.717) is 38.8 Å². The molecule has 0 aromatic rings. The Morgan fingerprint density at radius 2 is 1.18 bits per heavy atom. The van der Waals surface area contributed by atoms with Crippen molar-refractivity contribution in [1.29, 1.82) is 0 Å². The molecule has 0 saturated carbocycles. The Hall–Kier alpha value is -4.03. The zero-order valence-corrected chi connectivity index (χ0v) is 26.3. The fourth-order valence-corrected chi connectivity index (χ4v) is 4.17. The summed E-state index contributed by atoms with van der Waals surface area (Å²) in [6, 6.07) is -6.06. The summed E-state index contributed by atoms with van der Waals surface area (Å²) in [6.45, 7) is 4.19. The minimum Gasteiger partial charge on any atom is -0.480 e. The highest BCUT2D eigenvalue weighted by Gasteiger charge is 2.33. The molecule has 5 atom stereocenters. The molecule has 5 amide bonds. The number of nitrogens with zero attached hydrogens (tertiary/aromatic N) is 1. The Bertz CT molecular complexity index is 1010. The van der Waals surface area contributed by atoms with Crippen LogP contribution in [0.15, 0.2) is 4.99 Å². The van der Waals surface area contributed by atoms with Crippen molar-refractivity contribution in [2.45, 2.75) is 102 Å². The van der Waals surface area contributed by atoms with Crippen molar-refractivity contribution in [3.63, 3.8) is 0 Å². The van der Waals surface area contributed by atoms with Crippen LogP contribution in [-0.2, 0) is 28.8 Å². The highest BCUT2D eigenvalue weighted by Crippen LogP contribution is 2.09. The number of nitrogens with one attached hydrogen (secondary N) is 4. The number of carboxylic acids is 1. The number of aliphatic carboxylic acids is 1. The van der Waals surface area contributed by atoms with Gasteiger partial charge in [-0.3, -0.25) is 29.0 Å². The lowest BCUT2D eigenvalue weighted by Gasteiger charge is -2.27. The van der Waals surface area contributed by atoms with Crippen molar-refractivity contribution in [3.05, 3.63) is 0 Å². The van der Waals surface area contributed by atoms with E-state index in [0.717, 1.165) is 0 Å². The molecule has 0 aliphatic rings. The van der Waals surface area contributed by atoms with E-state index < -0.39 is 78.1 Å². The molecule has 45 heavy (non-hydrogen) atoms. The Labute approximate surface area is 263 Å². The predicted octanol–water partition coefficient (Wildman–Crippen LogP) is -3.82. The smallest absolute Gasteiger partial charge is 0.326 e. The number of amides is 5. The Morgan fingerprint density at radius 3 is 1.69 bits per heavy atom. The van der Waals surface area contributed by atoms with Crippen LogP contribution in [0.5, 0.6) is 0 Å². The molecule has 0 radical (unpaired) electrons. The second-order valence-electron chi connectivity index (χ2n) is 11.0. The number of carbonyl (C=O) groups excluding carboxylic acids is 5. The molecule has 0 aromatic carbocycles. The fourth-order valence-electron chi connectivity index (χ4n) is 4.17. The fraction of sp³-hybridized carbons (Fsp3) is 0.741. The second-order valence-corrected chi connectivity index (χ2v) is 11.0. The number of unbranched alkanes of at least 4 members (excludes halogenated alkanes) is 2. The number of hydrogen-bond donors (Lipinski definition) is 11. The molecule has 0 unspecified atom stereocenters. The maximum absolute atomic E-state index is 13.4. The molecule has 0 aliphatic heterocycles. The van der Waals surface area contributed by atoms with Gasteiger partial charge in [0.05, 0.1) is 12.5 Å². The molecule has 0 aliphatic carbocycles. The van der Waals surface area contributed by atoms with Gasteiger partial charge in [0, 0.05) is 6.54 Å². The Kier molecular flexibility index (Phi) is 20.5. The first-order chi connectivity index (χ1) is 21.1. The van der Waals surface area contributed by atoms with Crippen molar-refractivity contribution in [3.8, 4) is 0 Å². The van der Waals surface area contributed by atoms with E-state index in [1.165, 1.54) is 0 Å². The second kappa shape index (κ2) is 22.5. The third-order valence-electron chi connectivity index (χ3n) is 6.73. The van der Waals surface area contributed by atoms with Crippen LogP contribution in [-0.4, -0.2) is 96.4 Å². The maximum atomic E-state index is 13.4. The lowest BCUT2D eigenvalue weighted by molar-refractivity contribution is -0.142. The van der Waals surface area contributed by atoms with E-state index in [1.807, 2.05) is 0 Å². The van der Waals surface area contributed by atoms with Crippen LogP contribution in [0.4, 0.5) is 0 Å². The number of rotatable bonds is 24. The summed E-state index contributed by atoms with van der Waals surface area (Å²) >= 11 is 0. The third-order valence-corrected chi connectivity index (χ3v) is 6.73. The van der Waals surface area contributed by atoms with E-state index in [4.69, 9.17) is 34.4 Å². The first-order valence-electron chi connectivity index (χ1n) is 15.1. The molecule has 18 nitrogen and oxygen atoms in total. The lowest BCUT2D eigenvalue weighted by Crippen LogP contribution is -2.59. The first-order valence-corrected chi connectivity index (χ1v) is 15.1. The van der Waals surface area contributed by atoms with Crippen molar-refractivity contribution < 1.29 is 33.9 Å². The van der Waals surface area contributed by atoms with E-state index in [2.05, 4.69) is 26.3 Å². The highest BCUT2D eigenvalue weighted by atomic mass is 16.4. The number of aliphatic imine (C=N–C) groups is 1. The van der Waals surface area contributed by atoms with Gasteiger partial charge in [-0.15, -0.1) is 0 Å². The summed E-state index contributed by atoms with van der Waals surface area (Å²) in [4.78, 5) is 79.7. The number of primary amides is 1. The first kappa shape index (κ1) is 41.0. The summed E-state index contributed by atoms with van der Waals surface area (Å²) in [5, 5.41) is 19.5. The number of guanidine groups is 1. The van der Waals surface area contributed by atoms with E-state index >= 15 is 0 Å². The quantitative estimate of drug-likeness (QED) is 0.0274. The molecule has 0 heterocycles. The SMILES string of the molecule is CC(C)[C@H](NC(=O)[C@H](CCCN=C(N)N)NC(=O)[C@H](CC(N)=O)NC(=O)[C@@H](N)CCCCN)C(=O)N[C@@H](CCCCN)C(=O)O. The molecular weight excluding hydrogens is 590 g/mol. The zero-order chi connectivity index (χ0) is 34.5. The van der Waals surface area contributed by atoms with Gasteiger partial charge in [-0.1, -0.05) is 20.3 Å². The van der Waals surface area contributed by atoms with Gasteiger partial charge in [0.15, 0.2) is 5.96 Å². The minimum atomic E-state index is -1.45. The van der Waals surface area contributed by atoms with E-state index in [1.54, 1.807) is 13.8 Å². The van der Waals surface area contributed by atoms with Gasteiger partial charge < -0.3 is 60.8 Å². The molecule has 0 saturated heterocycles. The Morgan fingerprint density at radius 1 is 0.667 bits per heavy atom. The summed E-state index contributed by atoms with van der Waals surface area (Å²) < 4.78 is 0. The molecule has 0 spiro atoms. The van der Waals surface area contributed by atoms with Crippen LogP contribution < -0.4 is 55.7 Å². The molecule has 17 N–H and O–H groups in total. The summed E-state index contributed by atoms with van der Waals surface area (Å²) in [7, 11) is 0. The molecule has 0 aromatic heterocycles. The molecule has 0 fully saturated rings. The number of hydrogen-bond acceptors (Lipinski definition) is 10. The summed E-state index contributed by atoms with van der Waals surface area (Å²) in [5.74, 6) is -5.88. The van der Waals surface area contributed by atoms with Gasteiger partial charge in [0.1, 0.15) is 24.2 Å². The maximum Gasteiger partial charge on any atom is 0.326 e. The van der Waals surface area contributed by atoms with Crippen LogP contribution in [0.2, 0.25) is 0 Å². The topological polar surface area (TPSA) is 339 Å². The van der Waals surface area contributed by atoms with Crippen molar-refractivity contribution in [2.75, 3.05) is 19.6 Å². The zero-order valence-electron chi connectivity index (χ0n) is 26.3. The van der Waals surface area contributed by atoms with Crippen LogP contribution in [0.25, 0.3) is 0 Å². The standard InChI is InChI=1S/C27H53N11O7/c1-15(2)21(25(43)36-18(26(44)45)9-4-6-12-29)38-23(41)17(10-7-13-34-27(32)33)35-24(42)19(14-20(31)39)37-22(40)16(30)8-3-5-11-28/h15-19,21H,3-14,28-30H2,1-2H3,(H2,31,39)(H,35,42)(H,36,43)(H,37,40)(H,38,41)(H,44,45)(H4,32,33,34)/t16-,17-,18-,19-,21-/m0/s1. The van der Waals surface area contributed by atoms with Crippen molar-refractivity contribution >= 4 is 41.5 Å². The van der Waals surface area contributed by atoms with Crippen molar-refractivity contribution in [2.24, 2.45) is 45.3 Å². The van der Waals surface area contributed by atoms with Crippen LogP contribution in [0.1, 0.15) is 71.6 Å². The number of carboxylic acid groups (broad SMARTS) is 1. The largest absolute Gasteiger partial charge is 0.480 e. The summed E-state index contributed by atoms with van der Waals surface area (Å²) in [6.07, 6.45) is 2.32. The minimum absolute atomic E-state index is 0.00648. The van der Waals surface area contributed by atoms with E-state index in [9.17, 15) is 33.9 Å². The van der Waals surface area contributed by atoms with Crippen LogP contribution in [0, 0.1) is 5.92 Å². The van der Waals surface area contributed by atoms with Gasteiger partial charge in [0.2, 0.25) is 29.5 Å². The van der Waals surface area contributed by atoms with Gasteiger partial charge in [0.25, 0.3) is 0 Å². The van der Waals surface area contributed by atoms with Gasteiger partial charge in [-0.05, 0) is 64.0 Å². The monoisotopic (exact) mass is 643 g/mol. The predicted molar refractivity (Wildman–Crippen MR) is 168 cm³/mol. The number of carbonyl (C=O) groups is 6. The normalized spacial score (nSPS) is 14.3. The van der Waals surface area contributed by atoms with E-state index in [-0.39, 0.29) is 38.2 Å². The van der Waals surface area contributed by atoms with Gasteiger partial charge >= 0.3 is 5.97 Å². The van der Waals surface area contributed by atoms with Crippen molar-refractivity contribution in [1.82, 2.24) is 21.3 Å². The third kappa shape index (κ3) is 17.8. The molecule has 0 rings (SSSR count). The summed E-state index contributed by atoms with van der Waals surface area (Å²) in [5.41, 5.74) is 32.9. The number of nitrogens with two attached hydrogens (primary N) is 6. The molecule has 18 heteroatoms. The van der Waals surface area contributed by atoms with Gasteiger partial charge in [-0.25, -0.2) is 4.79 Å². The Balaban J connectivity index is 5.91. The van der Waals surface area contributed by atoms with Crippen LogP contribution >= 0.6 is 0 Å². The average Bonchev–Trinajstić information content (AvgIpc) is 2.95. The highest BCUT2D eigenvalue weighted by molar-refractivity contribution is 5.97. The van der Waals surface area contributed by atoms with Crippen LogP contribution in [0.3, 0.4) is 0 Å². The van der Waals surface area contributed by atoms with Gasteiger partial charge in [-0.2, -0.15) is 0 Å². The molecule has 258 valence electrons. The molecular formula is C27H53N11O7.